The summed E-state index contributed by atoms with van der Waals surface area (Å²) in [5, 5.41) is 6.07. The number of benzene rings is 2. The Morgan fingerprint density at radius 2 is 1.89 bits per heavy atom. The Hall–Kier alpha value is -2.11. The van der Waals surface area contributed by atoms with Crippen LogP contribution in [0.2, 0.25) is 0 Å². The summed E-state index contributed by atoms with van der Waals surface area (Å²) in [7, 11) is 3.59. The van der Waals surface area contributed by atoms with Gasteiger partial charge in [0.25, 0.3) is 0 Å². The Kier molecular flexibility index (Phi) is 7.48. The standard InChI is InChI=1S/C22H31N3O2/c1-23-22(25-12-10-21(11-13-25)27-15-5-14-26-2)24-17-18-8-9-19-6-3-4-7-20(19)16-18/h3-4,6-9,16,21H,5,10-15,17H2,1-2H3,(H,23,24). The smallest absolute Gasteiger partial charge is 0.193 e. The summed E-state index contributed by atoms with van der Waals surface area (Å²) in [6.07, 6.45) is 3.41. The quantitative estimate of drug-likeness (QED) is 0.461. The molecule has 27 heavy (non-hydrogen) atoms. The van der Waals surface area contributed by atoms with Gasteiger partial charge in [-0.2, -0.15) is 0 Å². The maximum atomic E-state index is 5.95. The topological polar surface area (TPSA) is 46.1 Å². The predicted molar refractivity (Wildman–Crippen MR) is 111 cm³/mol. The lowest BCUT2D eigenvalue weighted by atomic mass is 10.1. The third-order valence-electron chi connectivity index (χ3n) is 5.06. The van der Waals surface area contributed by atoms with E-state index in [9.17, 15) is 0 Å². The summed E-state index contributed by atoms with van der Waals surface area (Å²) in [6.45, 7) is 4.29. The number of rotatable bonds is 7. The molecule has 1 heterocycles. The van der Waals surface area contributed by atoms with Crippen molar-refractivity contribution in [1.82, 2.24) is 10.2 Å². The number of likely N-dealkylation sites (tertiary alicyclic amines) is 1. The molecule has 5 heteroatoms. The van der Waals surface area contributed by atoms with E-state index >= 15 is 0 Å². The second-order valence-electron chi connectivity index (χ2n) is 6.99. The average Bonchev–Trinajstić information content (AvgIpc) is 2.72. The molecule has 146 valence electrons. The SMILES string of the molecule is CN=C(NCc1ccc2ccccc2c1)N1CCC(OCCCOC)CC1. The van der Waals surface area contributed by atoms with Gasteiger partial charge >= 0.3 is 0 Å². The van der Waals surface area contributed by atoms with Crippen LogP contribution in [0.15, 0.2) is 47.5 Å². The molecule has 2 aromatic carbocycles. The molecule has 5 nitrogen and oxygen atoms in total. The Morgan fingerprint density at radius 1 is 1.11 bits per heavy atom. The van der Waals surface area contributed by atoms with Crippen LogP contribution in [0.4, 0.5) is 0 Å². The number of fused-ring (bicyclic) bond motifs is 1. The van der Waals surface area contributed by atoms with Gasteiger partial charge in [0, 0.05) is 47.0 Å². The first-order valence-electron chi connectivity index (χ1n) is 9.84. The Bertz CT molecular complexity index is 739. The van der Waals surface area contributed by atoms with Crippen molar-refractivity contribution in [1.29, 1.82) is 0 Å². The molecule has 0 aromatic heterocycles. The zero-order chi connectivity index (χ0) is 18.9. The number of guanidine groups is 1. The summed E-state index contributed by atoms with van der Waals surface area (Å²) < 4.78 is 11.0. The number of hydrogen-bond donors (Lipinski definition) is 1. The van der Waals surface area contributed by atoms with E-state index in [2.05, 4.69) is 57.7 Å². The molecule has 0 aliphatic carbocycles. The summed E-state index contributed by atoms with van der Waals surface area (Å²) in [5.41, 5.74) is 1.27. The van der Waals surface area contributed by atoms with Crippen LogP contribution >= 0.6 is 0 Å². The van der Waals surface area contributed by atoms with Crippen LogP contribution in [0.1, 0.15) is 24.8 Å². The normalized spacial score (nSPS) is 16.1. The van der Waals surface area contributed by atoms with Crippen molar-refractivity contribution in [2.75, 3.05) is 40.5 Å². The molecule has 0 radical (unpaired) electrons. The highest BCUT2D eigenvalue weighted by Gasteiger charge is 2.21. The molecule has 0 saturated carbocycles. The van der Waals surface area contributed by atoms with Crippen LogP contribution < -0.4 is 5.32 Å². The van der Waals surface area contributed by atoms with E-state index in [1.54, 1.807) is 7.11 Å². The number of methoxy groups -OCH3 is 1. The molecule has 0 amide bonds. The van der Waals surface area contributed by atoms with Gasteiger partial charge < -0.3 is 19.7 Å². The van der Waals surface area contributed by atoms with E-state index in [1.807, 2.05) is 7.05 Å². The Labute approximate surface area is 162 Å². The van der Waals surface area contributed by atoms with Crippen molar-refractivity contribution >= 4 is 16.7 Å². The Morgan fingerprint density at radius 3 is 2.63 bits per heavy atom. The highest BCUT2D eigenvalue weighted by atomic mass is 16.5. The lowest BCUT2D eigenvalue weighted by Gasteiger charge is -2.34. The number of nitrogens with zero attached hydrogens (tertiary/aromatic N) is 2. The van der Waals surface area contributed by atoms with Gasteiger partial charge in [0.2, 0.25) is 0 Å². The summed E-state index contributed by atoms with van der Waals surface area (Å²) in [6, 6.07) is 15.1. The third-order valence-corrected chi connectivity index (χ3v) is 5.06. The van der Waals surface area contributed by atoms with E-state index in [4.69, 9.17) is 9.47 Å². The van der Waals surface area contributed by atoms with Crippen LogP contribution in [0, 0.1) is 0 Å². The van der Waals surface area contributed by atoms with Crippen LogP contribution in [-0.2, 0) is 16.0 Å². The number of nitrogens with one attached hydrogen (secondary N) is 1. The number of piperidine rings is 1. The molecule has 0 unspecified atom stereocenters. The molecule has 2 aromatic rings. The zero-order valence-electron chi connectivity index (χ0n) is 16.5. The van der Waals surface area contributed by atoms with Crippen LogP contribution in [0.3, 0.4) is 0 Å². The minimum Gasteiger partial charge on any atom is -0.385 e. The van der Waals surface area contributed by atoms with Crippen molar-refractivity contribution in [3.8, 4) is 0 Å². The largest absolute Gasteiger partial charge is 0.385 e. The fourth-order valence-corrected chi connectivity index (χ4v) is 3.55. The van der Waals surface area contributed by atoms with Gasteiger partial charge in [-0.1, -0.05) is 36.4 Å². The Balaban J connectivity index is 1.46. The minimum absolute atomic E-state index is 0.358. The zero-order valence-corrected chi connectivity index (χ0v) is 16.5. The number of ether oxygens (including phenoxy) is 2. The molecule has 1 N–H and O–H groups in total. The predicted octanol–water partition coefficient (Wildman–Crippen LogP) is 3.43. The molecule has 1 aliphatic rings. The maximum Gasteiger partial charge on any atom is 0.193 e. The van der Waals surface area contributed by atoms with E-state index in [-0.39, 0.29) is 0 Å². The first-order valence-corrected chi connectivity index (χ1v) is 9.84. The van der Waals surface area contributed by atoms with Crippen LogP contribution in [0.25, 0.3) is 10.8 Å². The molecule has 1 saturated heterocycles. The van der Waals surface area contributed by atoms with Crippen molar-refractivity contribution in [3.05, 3.63) is 48.0 Å². The maximum absolute atomic E-state index is 5.95. The number of aliphatic imine (C=N–C) groups is 1. The molecule has 0 spiro atoms. The van der Waals surface area contributed by atoms with E-state index in [1.165, 1.54) is 16.3 Å². The van der Waals surface area contributed by atoms with Crippen molar-refractivity contribution in [2.45, 2.75) is 31.9 Å². The van der Waals surface area contributed by atoms with Crippen molar-refractivity contribution in [3.63, 3.8) is 0 Å². The van der Waals surface area contributed by atoms with Crippen LogP contribution in [-0.4, -0.2) is 57.4 Å². The fourth-order valence-electron chi connectivity index (χ4n) is 3.55. The molecule has 3 rings (SSSR count). The summed E-state index contributed by atoms with van der Waals surface area (Å²) >= 11 is 0. The molecule has 0 atom stereocenters. The lowest BCUT2D eigenvalue weighted by Crippen LogP contribution is -2.46. The molecule has 1 aliphatic heterocycles. The molecule has 1 fully saturated rings. The van der Waals surface area contributed by atoms with Crippen LogP contribution in [0.5, 0.6) is 0 Å². The lowest BCUT2D eigenvalue weighted by molar-refractivity contribution is 0.00989. The molecule has 0 bridgehead atoms. The first kappa shape index (κ1) is 19.6. The monoisotopic (exact) mass is 369 g/mol. The van der Waals surface area contributed by atoms with Gasteiger partial charge in [0.1, 0.15) is 0 Å². The summed E-state index contributed by atoms with van der Waals surface area (Å²) in [5.74, 6) is 0.973. The minimum atomic E-state index is 0.358. The van der Waals surface area contributed by atoms with Gasteiger partial charge in [-0.25, -0.2) is 0 Å². The van der Waals surface area contributed by atoms with Gasteiger partial charge in [-0.05, 0) is 41.7 Å². The average molecular weight is 370 g/mol. The van der Waals surface area contributed by atoms with E-state index in [0.29, 0.717) is 6.10 Å². The summed E-state index contributed by atoms with van der Waals surface area (Å²) in [4.78, 5) is 6.80. The highest BCUT2D eigenvalue weighted by molar-refractivity contribution is 5.83. The number of hydrogen-bond acceptors (Lipinski definition) is 3. The fraction of sp³-hybridized carbons (Fsp3) is 0.500. The second kappa shape index (κ2) is 10.3. The van der Waals surface area contributed by atoms with Gasteiger partial charge in [-0.3, -0.25) is 4.99 Å². The van der Waals surface area contributed by atoms with Crippen molar-refractivity contribution in [2.24, 2.45) is 4.99 Å². The van der Waals surface area contributed by atoms with E-state index < -0.39 is 0 Å². The van der Waals surface area contributed by atoms with Gasteiger partial charge in [-0.15, -0.1) is 0 Å². The first-order chi connectivity index (χ1) is 13.3. The van der Waals surface area contributed by atoms with Gasteiger partial charge in [0.15, 0.2) is 5.96 Å². The van der Waals surface area contributed by atoms with E-state index in [0.717, 1.165) is 58.1 Å². The molecular weight excluding hydrogens is 338 g/mol. The van der Waals surface area contributed by atoms with Crippen molar-refractivity contribution < 1.29 is 9.47 Å². The molecular formula is C22H31N3O2. The third kappa shape index (κ3) is 5.68. The van der Waals surface area contributed by atoms with Gasteiger partial charge in [0.05, 0.1) is 6.10 Å². The second-order valence-corrected chi connectivity index (χ2v) is 6.99. The highest BCUT2D eigenvalue weighted by Crippen LogP contribution is 2.17.